The molecule has 0 amide bonds. The lowest BCUT2D eigenvalue weighted by Gasteiger charge is -2.04. The highest BCUT2D eigenvalue weighted by molar-refractivity contribution is 5.31. The average molecular weight is 258 g/mol. The zero-order chi connectivity index (χ0) is 13.7. The zero-order valence-corrected chi connectivity index (χ0v) is 10.8. The number of rotatable bonds is 5. The Morgan fingerprint density at radius 1 is 1.26 bits per heavy atom. The lowest BCUT2D eigenvalue weighted by molar-refractivity contribution is 0.260. The summed E-state index contributed by atoms with van der Waals surface area (Å²) >= 11 is 0. The normalized spacial score (nSPS) is 9.95. The summed E-state index contributed by atoms with van der Waals surface area (Å²) in [6.45, 7) is 2.02. The summed E-state index contributed by atoms with van der Waals surface area (Å²) in [5.74, 6) is 2.61. The molecular formula is C14H14N2O3. The molecule has 2 aromatic rings. The van der Waals surface area contributed by atoms with Gasteiger partial charge in [0.2, 0.25) is 5.89 Å². The predicted molar refractivity (Wildman–Crippen MR) is 67.9 cm³/mol. The Labute approximate surface area is 111 Å². The number of ether oxygens (including phenoxy) is 2. The molecule has 0 unspecified atom stereocenters. The Bertz CT molecular complexity index is 582. The van der Waals surface area contributed by atoms with Gasteiger partial charge in [0.05, 0.1) is 25.3 Å². The third-order valence-electron chi connectivity index (χ3n) is 2.61. The molecule has 5 heteroatoms. The highest BCUT2D eigenvalue weighted by Gasteiger charge is 2.09. The zero-order valence-electron chi connectivity index (χ0n) is 10.8. The van der Waals surface area contributed by atoms with Crippen LogP contribution in [0.2, 0.25) is 0 Å². The summed E-state index contributed by atoms with van der Waals surface area (Å²) < 4.78 is 16.0. The van der Waals surface area contributed by atoms with E-state index in [2.05, 4.69) is 4.98 Å². The van der Waals surface area contributed by atoms with E-state index in [4.69, 9.17) is 19.2 Å². The number of methoxy groups -OCH3 is 1. The second-order valence-corrected chi connectivity index (χ2v) is 3.91. The van der Waals surface area contributed by atoms with Crippen molar-refractivity contribution < 1.29 is 13.9 Å². The van der Waals surface area contributed by atoms with Crippen LogP contribution in [-0.2, 0) is 13.0 Å². The van der Waals surface area contributed by atoms with Gasteiger partial charge in [0.25, 0.3) is 0 Å². The molecule has 0 N–H and O–H groups in total. The van der Waals surface area contributed by atoms with Crippen LogP contribution < -0.4 is 9.47 Å². The van der Waals surface area contributed by atoms with Crippen LogP contribution in [0.5, 0.6) is 11.5 Å². The van der Waals surface area contributed by atoms with Gasteiger partial charge in [-0.2, -0.15) is 5.26 Å². The van der Waals surface area contributed by atoms with Crippen LogP contribution in [-0.4, -0.2) is 12.1 Å². The van der Waals surface area contributed by atoms with Gasteiger partial charge in [-0.15, -0.1) is 0 Å². The largest absolute Gasteiger partial charge is 0.497 e. The first-order valence-electron chi connectivity index (χ1n) is 5.82. The van der Waals surface area contributed by atoms with E-state index in [-0.39, 0.29) is 13.0 Å². The molecule has 5 nitrogen and oxygen atoms in total. The Balaban J connectivity index is 1.98. The smallest absolute Gasteiger partial charge is 0.232 e. The maximum Gasteiger partial charge on any atom is 0.232 e. The molecule has 0 aliphatic carbocycles. The molecule has 1 aromatic carbocycles. The molecule has 98 valence electrons. The summed E-state index contributed by atoms with van der Waals surface area (Å²) in [6, 6.07) is 9.30. The second kappa shape index (κ2) is 5.91. The Hall–Kier alpha value is -2.48. The van der Waals surface area contributed by atoms with Crippen LogP contribution >= 0.6 is 0 Å². The third kappa shape index (κ3) is 3.26. The predicted octanol–water partition coefficient (Wildman–Crippen LogP) is 2.64. The van der Waals surface area contributed by atoms with E-state index in [0.717, 1.165) is 5.75 Å². The van der Waals surface area contributed by atoms with E-state index in [0.29, 0.717) is 23.1 Å². The molecule has 0 aliphatic rings. The van der Waals surface area contributed by atoms with E-state index >= 15 is 0 Å². The number of hydrogen-bond acceptors (Lipinski definition) is 5. The van der Waals surface area contributed by atoms with Gasteiger partial charge in [-0.25, -0.2) is 4.98 Å². The Morgan fingerprint density at radius 3 is 2.58 bits per heavy atom. The van der Waals surface area contributed by atoms with Crippen molar-refractivity contribution in [3.05, 3.63) is 41.6 Å². The van der Waals surface area contributed by atoms with E-state index in [1.165, 1.54) is 0 Å². The lowest BCUT2D eigenvalue weighted by Crippen LogP contribution is -1.96. The molecule has 0 bridgehead atoms. The van der Waals surface area contributed by atoms with Crippen molar-refractivity contribution in [1.82, 2.24) is 4.98 Å². The molecule has 0 saturated heterocycles. The molecule has 0 aliphatic heterocycles. The summed E-state index contributed by atoms with van der Waals surface area (Å²) in [7, 11) is 1.61. The number of nitriles is 1. The van der Waals surface area contributed by atoms with Gasteiger partial charge < -0.3 is 13.9 Å². The van der Waals surface area contributed by atoms with Crippen molar-refractivity contribution in [2.75, 3.05) is 7.11 Å². The number of aryl methyl sites for hydroxylation is 1. The topological polar surface area (TPSA) is 68.3 Å². The minimum absolute atomic E-state index is 0.235. The Morgan fingerprint density at radius 2 is 1.95 bits per heavy atom. The molecule has 0 spiro atoms. The number of nitrogens with zero attached hydrogens (tertiary/aromatic N) is 2. The monoisotopic (exact) mass is 258 g/mol. The fourth-order valence-corrected chi connectivity index (χ4v) is 1.61. The summed E-state index contributed by atoms with van der Waals surface area (Å²) in [5.41, 5.74) is 0.663. The minimum atomic E-state index is 0.235. The van der Waals surface area contributed by atoms with Crippen LogP contribution in [0.1, 0.15) is 17.3 Å². The third-order valence-corrected chi connectivity index (χ3v) is 2.61. The van der Waals surface area contributed by atoms with Gasteiger partial charge in [-0.3, -0.25) is 0 Å². The van der Waals surface area contributed by atoms with Gasteiger partial charge in [0.1, 0.15) is 17.3 Å². The van der Waals surface area contributed by atoms with Gasteiger partial charge in [-0.1, -0.05) is 0 Å². The first-order chi connectivity index (χ1) is 9.22. The molecule has 0 fully saturated rings. The van der Waals surface area contributed by atoms with Crippen molar-refractivity contribution in [2.24, 2.45) is 0 Å². The fraction of sp³-hybridized carbons (Fsp3) is 0.286. The minimum Gasteiger partial charge on any atom is -0.497 e. The van der Waals surface area contributed by atoms with Crippen LogP contribution in [0.3, 0.4) is 0 Å². The maximum atomic E-state index is 8.64. The van der Waals surface area contributed by atoms with Crippen molar-refractivity contribution >= 4 is 0 Å². The van der Waals surface area contributed by atoms with Gasteiger partial charge in [0, 0.05) is 0 Å². The average Bonchev–Trinajstić information content (AvgIpc) is 2.78. The van der Waals surface area contributed by atoms with Crippen LogP contribution in [0.4, 0.5) is 0 Å². The number of benzene rings is 1. The molecule has 0 atom stereocenters. The summed E-state index contributed by atoms with van der Waals surface area (Å²) in [5, 5.41) is 8.64. The van der Waals surface area contributed by atoms with E-state index in [9.17, 15) is 0 Å². The molecule has 1 heterocycles. The van der Waals surface area contributed by atoms with E-state index in [1.54, 1.807) is 14.0 Å². The maximum absolute atomic E-state index is 8.64. The van der Waals surface area contributed by atoms with Gasteiger partial charge >= 0.3 is 0 Å². The molecule has 1 aromatic heterocycles. The van der Waals surface area contributed by atoms with Crippen LogP contribution in [0, 0.1) is 18.3 Å². The van der Waals surface area contributed by atoms with Crippen molar-refractivity contribution in [3.63, 3.8) is 0 Å². The molecule has 0 saturated carbocycles. The standard InChI is InChI=1S/C14H14N2O3/c1-10-13(7-8-15)16-14(19-10)9-18-12-5-3-11(17-2)4-6-12/h3-6H,7,9H2,1-2H3. The fourth-order valence-electron chi connectivity index (χ4n) is 1.61. The SMILES string of the molecule is COc1ccc(OCc2nc(CC#N)c(C)o2)cc1. The number of hydrogen-bond donors (Lipinski definition) is 0. The first-order valence-corrected chi connectivity index (χ1v) is 5.82. The second-order valence-electron chi connectivity index (χ2n) is 3.91. The quantitative estimate of drug-likeness (QED) is 0.824. The molecule has 19 heavy (non-hydrogen) atoms. The molecule has 2 rings (SSSR count). The summed E-state index contributed by atoms with van der Waals surface area (Å²) in [6.07, 6.45) is 0.248. The highest BCUT2D eigenvalue weighted by atomic mass is 16.5. The molecule has 0 radical (unpaired) electrons. The number of oxazole rings is 1. The highest BCUT2D eigenvalue weighted by Crippen LogP contribution is 2.18. The van der Waals surface area contributed by atoms with E-state index in [1.807, 2.05) is 30.3 Å². The molecular weight excluding hydrogens is 244 g/mol. The van der Waals surface area contributed by atoms with Gasteiger partial charge in [-0.05, 0) is 31.2 Å². The van der Waals surface area contributed by atoms with Crippen LogP contribution in [0.25, 0.3) is 0 Å². The van der Waals surface area contributed by atoms with Crippen molar-refractivity contribution in [3.8, 4) is 17.6 Å². The number of aromatic nitrogens is 1. The van der Waals surface area contributed by atoms with Crippen molar-refractivity contribution in [1.29, 1.82) is 5.26 Å². The summed E-state index contributed by atoms with van der Waals surface area (Å²) in [4.78, 5) is 4.21. The lowest BCUT2D eigenvalue weighted by atomic mass is 10.3. The first kappa shape index (κ1) is 13.0. The van der Waals surface area contributed by atoms with Gasteiger partial charge in [0.15, 0.2) is 6.61 Å². The Kier molecular flexibility index (Phi) is 4.04. The van der Waals surface area contributed by atoms with Crippen LogP contribution in [0.15, 0.2) is 28.7 Å². The van der Waals surface area contributed by atoms with E-state index < -0.39 is 0 Å². The van der Waals surface area contributed by atoms with Crippen molar-refractivity contribution in [2.45, 2.75) is 20.0 Å².